The van der Waals surface area contributed by atoms with Crippen LogP contribution in [0, 0.1) is 5.82 Å². The van der Waals surface area contributed by atoms with Gasteiger partial charge in [0.2, 0.25) is 0 Å². The van der Waals surface area contributed by atoms with Gasteiger partial charge in [0, 0.05) is 11.1 Å². The van der Waals surface area contributed by atoms with E-state index in [2.05, 4.69) is 5.32 Å². The van der Waals surface area contributed by atoms with Crippen LogP contribution in [-0.2, 0) is 9.59 Å². The minimum atomic E-state index is -1.08. The lowest BCUT2D eigenvalue weighted by Gasteiger charge is -2.15. The first-order valence-corrected chi connectivity index (χ1v) is 7.73. The molecule has 1 amide bonds. The lowest BCUT2D eigenvalue weighted by molar-refractivity contribution is -0.133. The van der Waals surface area contributed by atoms with Crippen molar-refractivity contribution in [3.05, 3.63) is 65.0 Å². The number of Topliss-reactive ketones (excluding diaryl/α,β-unsaturated/α-hetero) is 1. The van der Waals surface area contributed by atoms with E-state index in [1.807, 2.05) is 0 Å². The van der Waals surface area contributed by atoms with Gasteiger partial charge in [0.15, 0.2) is 11.5 Å². The topological polar surface area (TPSA) is 84.9 Å². The third-order valence-electron chi connectivity index (χ3n) is 4.14. The molecule has 0 bridgehead atoms. The number of aliphatic hydroxyl groups is 1. The maximum absolute atomic E-state index is 14.1. The number of carbonyl (C=O) groups excluding carboxylic acids is 2. The zero-order chi connectivity index (χ0) is 18.8. The van der Waals surface area contributed by atoms with Crippen LogP contribution in [0.15, 0.2) is 48.0 Å². The zero-order valence-electron chi connectivity index (χ0n) is 14.1. The molecule has 0 saturated carbocycles. The van der Waals surface area contributed by atoms with Gasteiger partial charge in [-0.2, -0.15) is 0 Å². The van der Waals surface area contributed by atoms with Gasteiger partial charge in [-0.15, -0.1) is 0 Å². The summed E-state index contributed by atoms with van der Waals surface area (Å²) in [5.74, 6) is -2.06. The van der Waals surface area contributed by atoms with Crippen LogP contribution >= 0.6 is 0 Å². The van der Waals surface area contributed by atoms with Crippen molar-refractivity contribution in [3.63, 3.8) is 0 Å². The number of halogens is 1. The summed E-state index contributed by atoms with van der Waals surface area (Å²) in [5, 5.41) is 13.1. The Morgan fingerprint density at radius 1 is 1.08 bits per heavy atom. The summed E-state index contributed by atoms with van der Waals surface area (Å²) in [6.45, 7) is 0. The molecule has 26 heavy (non-hydrogen) atoms. The Bertz CT molecular complexity index is 922. The fraction of sp³-hybridized carbons (Fsp3) is 0.158. The minimum Gasteiger partial charge on any atom is -0.507 e. The number of carbonyl (C=O) groups is 2. The maximum atomic E-state index is 14.1. The third-order valence-corrected chi connectivity index (χ3v) is 4.14. The van der Waals surface area contributed by atoms with Crippen LogP contribution in [0.2, 0.25) is 0 Å². The molecule has 6 nitrogen and oxygen atoms in total. The van der Waals surface area contributed by atoms with E-state index in [9.17, 15) is 19.1 Å². The molecule has 0 spiro atoms. The highest BCUT2D eigenvalue weighted by molar-refractivity contribution is 6.46. The first kappa shape index (κ1) is 17.5. The Balaban J connectivity index is 2.15. The highest BCUT2D eigenvalue weighted by Crippen LogP contribution is 2.36. The van der Waals surface area contributed by atoms with Crippen molar-refractivity contribution in [2.24, 2.45) is 0 Å². The summed E-state index contributed by atoms with van der Waals surface area (Å²) in [6, 6.07) is 9.19. The van der Waals surface area contributed by atoms with Crippen LogP contribution < -0.4 is 14.8 Å². The van der Waals surface area contributed by atoms with Crippen molar-refractivity contribution in [3.8, 4) is 11.5 Å². The minimum absolute atomic E-state index is 0.0914. The van der Waals surface area contributed by atoms with Gasteiger partial charge in [0.05, 0.1) is 25.8 Å². The quantitative estimate of drug-likeness (QED) is 0.499. The summed E-state index contributed by atoms with van der Waals surface area (Å²) >= 11 is 0. The van der Waals surface area contributed by atoms with Crippen LogP contribution in [0.25, 0.3) is 5.76 Å². The summed E-state index contributed by atoms with van der Waals surface area (Å²) in [6.07, 6.45) is 0. The number of benzene rings is 2. The van der Waals surface area contributed by atoms with Crippen LogP contribution in [0.4, 0.5) is 4.39 Å². The maximum Gasteiger partial charge on any atom is 0.293 e. The molecular formula is C19H16FNO5. The second kappa shape index (κ2) is 6.87. The number of methoxy groups -OCH3 is 2. The van der Waals surface area contributed by atoms with Gasteiger partial charge in [-0.25, -0.2) is 4.39 Å². The van der Waals surface area contributed by atoms with E-state index in [4.69, 9.17) is 9.47 Å². The second-order valence-electron chi connectivity index (χ2n) is 5.59. The number of hydrogen-bond donors (Lipinski definition) is 2. The molecule has 1 fully saturated rings. The molecule has 1 unspecified atom stereocenters. The lowest BCUT2D eigenvalue weighted by Crippen LogP contribution is -2.21. The van der Waals surface area contributed by atoms with Crippen molar-refractivity contribution < 1.29 is 28.6 Å². The fourth-order valence-corrected chi connectivity index (χ4v) is 2.85. The van der Waals surface area contributed by atoms with E-state index in [-0.39, 0.29) is 16.7 Å². The average Bonchev–Trinajstić information content (AvgIpc) is 2.95. The molecule has 2 aromatic rings. The predicted octanol–water partition coefficient (Wildman–Crippen LogP) is 2.55. The summed E-state index contributed by atoms with van der Waals surface area (Å²) < 4.78 is 24.5. The standard InChI is InChI=1S/C19H16FNO5/c1-25-13-8-7-10(9-14(13)26-2)17(22)15-16(21-19(24)18(15)23)11-5-3-4-6-12(11)20/h3-9,16,22H,1-2H3,(H,21,24). The third kappa shape index (κ3) is 2.88. The van der Waals surface area contributed by atoms with Gasteiger partial charge in [-0.05, 0) is 24.3 Å². The van der Waals surface area contributed by atoms with Gasteiger partial charge < -0.3 is 19.9 Å². The Morgan fingerprint density at radius 3 is 2.42 bits per heavy atom. The Labute approximate surface area is 148 Å². The number of amides is 1. The van der Waals surface area contributed by atoms with Crippen molar-refractivity contribution >= 4 is 17.4 Å². The van der Waals surface area contributed by atoms with Crippen LogP contribution in [-0.4, -0.2) is 31.0 Å². The first-order valence-electron chi connectivity index (χ1n) is 7.73. The molecule has 0 aliphatic carbocycles. The van der Waals surface area contributed by atoms with Gasteiger partial charge in [0.1, 0.15) is 11.6 Å². The molecule has 134 valence electrons. The molecule has 7 heteroatoms. The number of ketones is 1. The molecular weight excluding hydrogens is 341 g/mol. The SMILES string of the molecule is COc1ccc(C(O)=C2C(=O)C(=O)NC2c2ccccc2F)cc1OC. The van der Waals surface area contributed by atoms with E-state index < -0.39 is 29.3 Å². The molecule has 1 aliphatic rings. The summed E-state index contributed by atoms with van der Waals surface area (Å²) in [5.41, 5.74) is 0.116. The predicted molar refractivity (Wildman–Crippen MR) is 91.4 cm³/mol. The van der Waals surface area contributed by atoms with Crippen molar-refractivity contribution in [1.29, 1.82) is 0 Å². The lowest BCUT2D eigenvalue weighted by atomic mass is 9.95. The largest absolute Gasteiger partial charge is 0.507 e. The molecule has 0 aromatic heterocycles. The van der Waals surface area contributed by atoms with E-state index in [0.717, 1.165) is 0 Å². The smallest absolute Gasteiger partial charge is 0.293 e. The molecule has 3 rings (SSSR count). The Hall–Kier alpha value is -3.35. The number of hydrogen-bond acceptors (Lipinski definition) is 5. The van der Waals surface area contributed by atoms with Crippen LogP contribution in [0.3, 0.4) is 0 Å². The van der Waals surface area contributed by atoms with E-state index >= 15 is 0 Å². The second-order valence-corrected chi connectivity index (χ2v) is 5.59. The average molecular weight is 357 g/mol. The molecule has 2 N–H and O–H groups in total. The Morgan fingerprint density at radius 2 is 1.77 bits per heavy atom. The van der Waals surface area contributed by atoms with Crippen molar-refractivity contribution in [2.45, 2.75) is 6.04 Å². The van der Waals surface area contributed by atoms with Gasteiger partial charge in [-0.3, -0.25) is 9.59 Å². The molecule has 0 radical (unpaired) electrons. The van der Waals surface area contributed by atoms with Crippen molar-refractivity contribution in [1.82, 2.24) is 5.32 Å². The highest BCUT2D eigenvalue weighted by atomic mass is 19.1. The van der Waals surface area contributed by atoms with Crippen LogP contribution in [0.5, 0.6) is 11.5 Å². The van der Waals surface area contributed by atoms with Gasteiger partial charge in [0.25, 0.3) is 11.7 Å². The zero-order valence-corrected chi connectivity index (χ0v) is 14.1. The van der Waals surface area contributed by atoms with E-state index in [1.54, 1.807) is 12.1 Å². The Kier molecular flexibility index (Phi) is 4.62. The molecule has 1 atom stereocenters. The van der Waals surface area contributed by atoms with Gasteiger partial charge in [-0.1, -0.05) is 18.2 Å². The first-order chi connectivity index (χ1) is 12.5. The number of ether oxygens (including phenoxy) is 2. The van der Waals surface area contributed by atoms with Crippen LogP contribution in [0.1, 0.15) is 17.2 Å². The fourth-order valence-electron chi connectivity index (χ4n) is 2.85. The highest BCUT2D eigenvalue weighted by Gasteiger charge is 2.40. The summed E-state index contributed by atoms with van der Waals surface area (Å²) in [4.78, 5) is 24.2. The molecule has 2 aromatic carbocycles. The van der Waals surface area contributed by atoms with E-state index in [0.29, 0.717) is 11.5 Å². The molecule has 1 aliphatic heterocycles. The number of aliphatic hydroxyl groups excluding tert-OH is 1. The number of nitrogens with one attached hydrogen (secondary N) is 1. The monoisotopic (exact) mass is 357 g/mol. The van der Waals surface area contributed by atoms with E-state index in [1.165, 1.54) is 44.6 Å². The number of rotatable bonds is 4. The molecule has 1 heterocycles. The molecule has 1 saturated heterocycles. The van der Waals surface area contributed by atoms with Gasteiger partial charge >= 0.3 is 0 Å². The normalized spacial score (nSPS) is 18.5. The van der Waals surface area contributed by atoms with Crippen molar-refractivity contribution in [2.75, 3.05) is 14.2 Å². The summed E-state index contributed by atoms with van der Waals surface area (Å²) in [7, 11) is 2.90.